The van der Waals surface area contributed by atoms with Gasteiger partial charge < -0.3 is 5.11 Å². The first-order valence-corrected chi connectivity index (χ1v) is 8.89. The molecule has 0 amide bonds. The van der Waals surface area contributed by atoms with Gasteiger partial charge in [-0.3, -0.25) is 9.58 Å². The molecule has 2 aliphatic rings. The van der Waals surface area contributed by atoms with Gasteiger partial charge in [-0.25, -0.2) is 0 Å². The highest BCUT2D eigenvalue weighted by atomic mass is 32.2. The highest BCUT2D eigenvalue weighted by Gasteiger charge is 2.27. The minimum Gasteiger partial charge on any atom is -0.391 e. The predicted molar refractivity (Wildman–Crippen MR) is 83.2 cm³/mol. The molecule has 2 atom stereocenters. The van der Waals surface area contributed by atoms with Crippen LogP contribution >= 0.6 is 11.8 Å². The van der Waals surface area contributed by atoms with Gasteiger partial charge in [0, 0.05) is 36.7 Å². The molecule has 1 aliphatic heterocycles. The molecule has 112 valence electrons. The second-order valence-electron chi connectivity index (χ2n) is 6.12. The third-order valence-electron chi connectivity index (χ3n) is 4.67. The lowest BCUT2D eigenvalue weighted by molar-refractivity contribution is 0.0754. The Hall–Kier alpha value is -0.520. The largest absolute Gasteiger partial charge is 0.391 e. The van der Waals surface area contributed by atoms with Gasteiger partial charge in [-0.15, -0.1) is 0 Å². The number of hydrogen-bond donors (Lipinski definition) is 1. The zero-order chi connectivity index (χ0) is 13.9. The topological polar surface area (TPSA) is 41.3 Å². The minimum absolute atomic E-state index is 0.269. The molecule has 3 rings (SSSR count). The van der Waals surface area contributed by atoms with E-state index in [0.29, 0.717) is 12.5 Å². The molecule has 1 aromatic heterocycles. The molecule has 4 nitrogen and oxygen atoms in total. The monoisotopic (exact) mass is 295 g/mol. The standard InChI is InChI=1S/C15H25N3OS/c1-17-8-9-20-11-14(17)15(19)10-12-6-7-18(16-12)13-4-2-3-5-13/h6-7,13-15,19H,2-5,8-11H2,1H3. The van der Waals surface area contributed by atoms with Gasteiger partial charge in [0.25, 0.3) is 0 Å². The zero-order valence-corrected chi connectivity index (χ0v) is 13.1. The smallest absolute Gasteiger partial charge is 0.0759 e. The van der Waals surface area contributed by atoms with Crippen LogP contribution < -0.4 is 0 Å². The molecule has 2 fully saturated rings. The van der Waals surface area contributed by atoms with Crippen molar-refractivity contribution < 1.29 is 5.11 Å². The van der Waals surface area contributed by atoms with E-state index in [1.54, 1.807) is 0 Å². The summed E-state index contributed by atoms with van der Waals surface area (Å²) in [6, 6.07) is 2.94. The van der Waals surface area contributed by atoms with Crippen LogP contribution in [0.3, 0.4) is 0 Å². The van der Waals surface area contributed by atoms with Crippen LogP contribution in [-0.2, 0) is 6.42 Å². The van der Waals surface area contributed by atoms with E-state index in [-0.39, 0.29) is 12.1 Å². The average molecular weight is 295 g/mol. The number of aliphatic hydroxyl groups excluding tert-OH is 1. The molecule has 0 aromatic carbocycles. The molecule has 0 radical (unpaired) electrons. The van der Waals surface area contributed by atoms with E-state index in [4.69, 9.17) is 0 Å². The van der Waals surface area contributed by atoms with Gasteiger partial charge in [-0.2, -0.15) is 16.9 Å². The summed E-state index contributed by atoms with van der Waals surface area (Å²) < 4.78 is 2.12. The minimum atomic E-state index is -0.306. The summed E-state index contributed by atoms with van der Waals surface area (Å²) in [4.78, 5) is 2.29. The van der Waals surface area contributed by atoms with Gasteiger partial charge in [-0.1, -0.05) is 12.8 Å². The van der Waals surface area contributed by atoms with E-state index in [0.717, 1.165) is 18.0 Å². The van der Waals surface area contributed by atoms with Crippen molar-refractivity contribution in [2.45, 2.75) is 50.3 Å². The Bertz CT molecular complexity index is 431. The summed E-state index contributed by atoms with van der Waals surface area (Å²) in [7, 11) is 2.12. The molecule has 0 spiro atoms. The van der Waals surface area contributed by atoms with Crippen LogP contribution in [0.1, 0.15) is 37.4 Å². The molecule has 1 N–H and O–H groups in total. The third kappa shape index (κ3) is 3.21. The number of aromatic nitrogens is 2. The van der Waals surface area contributed by atoms with Crippen LogP contribution in [0, 0.1) is 0 Å². The molecule has 1 saturated carbocycles. The van der Waals surface area contributed by atoms with Gasteiger partial charge in [-0.05, 0) is 26.0 Å². The van der Waals surface area contributed by atoms with Crippen LogP contribution in [0.2, 0.25) is 0 Å². The number of nitrogens with zero attached hydrogens (tertiary/aromatic N) is 3. The van der Waals surface area contributed by atoms with E-state index in [2.05, 4.69) is 34.0 Å². The lowest BCUT2D eigenvalue weighted by Crippen LogP contribution is -2.47. The average Bonchev–Trinajstić information content (AvgIpc) is 3.09. The van der Waals surface area contributed by atoms with Gasteiger partial charge in [0.05, 0.1) is 17.8 Å². The van der Waals surface area contributed by atoms with E-state index >= 15 is 0 Å². The third-order valence-corrected chi connectivity index (χ3v) is 5.72. The van der Waals surface area contributed by atoms with Crippen molar-refractivity contribution in [1.82, 2.24) is 14.7 Å². The molecule has 1 aromatic rings. The predicted octanol–water partition coefficient (Wildman–Crippen LogP) is 1.95. The van der Waals surface area contributed by atoms with Crippen LogP contribution in [-0.4, -0.2) is 57.0 Å². The maximum atomic E-state index is 10.5. The van der Waals surface area contributed by atoms with E-state index in [9.17, 15) is 5.11 Å². The summed E-state index contributed by atoms with van der Waals surface area (Å²) in [6.07, 6.45) is 7.63. The number of rotatable bonds is 4. The second-order valence-corrected chi connectivity index (χ2v) is 7.27. The molecule has 0 bridgehead atoms. The molecular weight excluding hydrogens is 270 g/mol. The van der Waals surface area contributed by atoms with E-state index in [1.807, 2.05) is 11.8 Å². The first-order valence-electron chi connectivity index (χ1n) is 7.74. The summed E-state index contributed by atoms with van der Waals surface area (Å²) in [5.41, 5.74) is 1.04. The first-order chi connectivity index (χ1) is 9.74. The Balaban J connectivity index is 1.59. The van der Waals surface area contributed by atoms with E-state index < -0.39 is 0 Å². The Morgan fingerprint density at radius 3 is 3.00 bits per heavy atom. The lowest BCUT2D eigenvalue weighted by Gasteiger charge is -2.35. The first kappa shape index (κ1) is 14.4. The Kier molecular flexibility index (Phi) is 4.68. The Morgan fingerprint density at radius 1 is 1.45 bits per heavy atom. The Morgan fingerprint density at radius 2 is 2.25 bits per heavy atom. The molecule has 2 heterocycles. The van der Waals surface area contributed by atoms with Crippen molar-refractivity contribution in [2.75, 3.05) is 25.1 Å². The van der Waals surface area contributed by atoms with Crippen LogP contribution in [0.5, 0.6) is 0 Å². The van der Waals surface area contributed by atoms with Gasteiger partial charge in [0.1, 0.15) is 0 Å². The number of likely N-dealkylation sites (N-methyl/N-ethyl adjacent to an activating group) is 1. The van der Waals surface area contributed by atoms with Crippen molar-refractivity contribution in [3.63, 3.8) is 0 Å². The molecular formula is C15H25N3OS. The number of hydrogen-bond acceptors (Lipinski definition) is 4. The summed E-state index contributed by atoms with van der Waals surface area (Å²) in [6.45, 7) is 1.07. The SMILES string of the molecule is CN1CCSCC1C(O)Cc1ccn(C2CCCC2)n1. The van der Waals surface area contributed by atoms with E-state index in [1.165, 1.54) is 31.4 Å². The van der Waals surface area contributed by atoms with Crippen molar-refractivity contribution in [3.8, 4) is 0 Å². The quantitative estimate of drug-likeness (QED) is 0.922. The fraction of sp³-hybridized carbons (Fsp3) is 0.800. The van der Waals surface area contributed by atoms with Gasteiger partial charge in [0.15, 0.2) is 0 Å². The lowest BCUT2D eigenvalue weighted by atomic mass is 10.1. The molecule has 5 heteroatoms. The molecule has 20 heavy (non-hydrogen) atoms. The van der Waals surface area contributed by atoms with Crippen LogP contribution in [0.25, 0.3) is 0 Å². The maximum Gasteiger partial charge on any atom is 0.0759 e. The number of thioether (sulfide) groups is 1. The van der Waals surface area contributed by atoms with Gasteiger partial charge >= 0.3 is 0 Å². The van der Waals surface area contributed by atoms with Crippen molar-refractivity contribution in [2.24, 2.45) is 0 Å². The fourth-order valence-corrected chi connectivity index (χ4v) is 4.62. The van der Waals surface area contributed by atoms with Crippen LogP contribution in [0.15, 0.2) is 12.3 Å². The molecule has 1 saturated heterocycles. The summed E-state index contributed by atoms with van der Waals surface area (Å²) >= 11 is 1.94. The molecule has 2 unspecified atom stereocenters. The summed E-state index contributed by atoms with van der Waals surface area (Å²) in [5.74, 6) is 2.21. The van der Waals surface area contributed by atoms with Crippen molar-refractivity contribution in [1.29, 1.82) is 0 Å². The van der Waals surface area contributed by atoms with Gasteiger partial charge in [0.2, 0.25) is 0 Å². The highest BCUT2D eigenvalue weighted by molar-refractivity contribution is 7.99. The summed E-state index contributed by atoms with van der Waals surface area (Å²) in [5, 5.41) is 15.2. The van der Waals surface area contributed by atoms with Crippen molar-refractivity contribution in [3.05, 3.63) is 18.0 Å². The van der Waals surface area contributed by atoms with Crippen LogP contribution in [0.4, 0.5) is 0 Å². The maximum absolute atomic E-state index is 10.5. The number of aliphatic hydroxyl groups is 1. The fourth-order valence-electron chi connectivity index (χ4n) is 3.32. The Labute approximate surface area is 125 Å². The second kappa shape index (κ2) is 6.50. The normalized spacial score (nSPS) is 27.0. The highest BCUT2D eigenvalue weighted by Crippen LogP contribution is 2.29. The zero-order valence-electron chi connectivity index (χ0n) is 12.2. The molecule has 1 aliphatic carbocycles. The van der Waals surface area contributed by atoms with Crippen molar-refractivity contribution >= 4 is 11.8 Å².